The second-order valence-corrected chi connectivity index (χ2v) is 8.94. The standard InChI is InChI=1S/C21H27O6P/c1-14-8-18(27-13-28(22,23)24)9-15(2)19(14)10-16-4-7-21(26-12-25-3)20(11-16)17-5-6-17/h4,7-9,11,17H,5-6,10,12-13H2,1-3H3,(H2,22,23,24). The van der Waals surface area contributed by atoms with Gasteiger partial charge in [0.2, 0.25) is 0 Å². The highest BCUT2D eigenvalue weighted by Gasteiger charge is 2.27. The van der Waals surface area contributed by atoms with Gasteiger partial charge in [0.15, 0.2) is 13.1 Å². The maximum Gasteiger partial charge on any atom is 0.362 e. The second-order valence-electron chi connectivity index (χ2n) is 7.35. The molecular weight excluding hydrogens is 379 g/mol. The normalized spacial score (nSPS) is 14.2. The lowest BCUT2D eigenvalue weighted by atomic mass is 9.94. The van der Waals surface area contributed by atoms with E-state index < -0.39 is 13.9 Å². The smallest absolute Gasteiger partial charge is 0.362 e. The highest BCUT2D eigenvalue weighted by Crippen LogP contribution is 2.45. The molecule has 1 saturated carbocycles. The van der Waals surface area contributed by atoms with Crippen molar-refractivity contribution >= 4 is 7.60 Å². The van der Waals surface area contributed by atoms with Crippen molar-refractivity contribution in [1.29, 1.82) is 0 Å². The Morgan fingerprint density at radius 1 is 1.07 bits per heavy atom. The van der Waals surface area contributed by atoms with Gasteiger partial charge in [0, 0.05) is 7.11 Å². The third kappa shape index (κ3) is 5.58. The topological polar surface area (TPSA) is 85.2 Å². The van der Waals surface area contributed by atoms with Crippen molar-refractivity contribution in [1.82, 2.24) is 0 Å². The fourth-order valence-corrected chi connectivity index (χ4v) is 3.67. The summed E-state index contributed by atoms with van der Waals surface area (Å²) in [5.41, 5.74) is 5.71. The van der Waals surface area contributed by atoms with Crippen molar-refractivity contribution in [3.05, 3.63) is 58.1 Å². The molecule has 3 rings (SSSR count). The molecule has 0 bridgehead atoms. The number of ether oxygens (including phenoxy) is 3. The molecule has 0 unspecified atom stereocenters. The third-order valence-electron chi connectivity index (χ3n) is 4.87. The summed E-state index contributed by atoms with van der Waals surface area (Å²) >= 11 is 0. The first kappa shape index (κ1) is 20.9. The number of benzene rings is 2. The van der Waals surface area contributed by atoms with Gasteiger partial charge >= 0.3 is 7.60 Å². The molecule has 2 aromatic carbocycles. The summed E-state index contributed by atoms with van der Waals surface area (Å²) in [6.45, 7) is 4.22. The van der Waals surface area contributed by atoms with Crippen molar-refractivity contribution in [2.24, 2.45) is 0 Å². The molecule has 1 aliphatic rings. The molecule has 0 radical (unpaired) electrons. The Morgan fingerprint density at radius 2 is 1.75 bits per heavy atom. The zero-order chi connectivity index (χ0) is 20.3. The third-order valence-corrected chi connectivity index (χ3v) is 5.34. The molecule has 1 fully saturated rings. The average molecular weight is 406 g/mol. The minimum atomic E-state index is -4.19. The molecule has 7 heteroatoms. The van der Waals surface area contributed by atoms with Gasteiger partial charge in [-0.1, -0.05) is 12.1 Å². The van der Waals surface area contributed by atoms with E-state index in [2.05, 4.69) is 12.1 Å². The quantitative estimate of drug-likeness (QED) is 0.478. The monoisotopic (exact) mass is 406 g/mol. The Hall–Kier alpha value is -1.85. The summed E-state index contributed by atoms with van der Waals surface area (Å²) in [5, 5.41) is 0. The van der Waals surface area contributed by atoms with E-state index in [0.29, 0.717) is 11.7 Å². The van der Waals surface area contributed by atoms with E-state index in [1.54, 1.807) is 7.11 Å². The Balaban J connectivity index is 1.79. The lowest BCUT2D eigenvalue weighted by Crippen LogP contribution is -2.03. The molecule has 0 saturated heterocycles. The summed E-state index contributed by atoms with van der Waals surface area (Å²) in [7, 11) is -2.58. The minimum Gasteiger partial charge on any atom is -0.481 e. The van der Waals surface area contributed by atoms with Gasteiger partial charge < -0.3 is 24.0 Å². The summed E-state index contributed by atoms with van der Waals surface area (Å²) in [6, 6.07) is 9.98. The molecule has 1 aliphatic carbocycles. The van der Waals surface area contributed by atoms with E-state index in [4.69, 9.17) is 24.0 Å². The van der Waals surface area contributed by atoms with Crippen LogP contribution in [0.15, 0.2) is 30.3 Å². The van der Waals surface area contributed by atoms with Gasteiger partial charge in [0.25, 0.3) is 0 Å². The van der Waals surface area contributed by atoms with E-state index >= 15 is 0 Å². The van der Waals surface area contributed by atoms with E-state index in [-0.39, 0.29) is 6.79 Å². The number of hydrogen-bond acceptors (Lipinski definition) is 4. The summed E-state index contributed by atoms with van der Waals surface area (Å²) in [4.78, 5) is 18.0. The van der Waals surface area contributed by atoms with Crippen LogP contribution >= 0.6 is 7.60 Å². The van der Waals surface area contributed by atoms with Crippen LogP contribution < -0.4 is 9.47 Å². The van der Waals surface area contributed by atoms with Crippen LogP contribution in [-0.4, -0.2) is 30.0 Å². The fraction of sp³-hybridized carbons (Fsp3) is 0.429. The van der Waals surface area contributed by atoms with Crippen LogP contribution in [0.2, 0.25) is 0 Å². The Bertz CT molecular complexity index is 861. The highest BCUT2D eigenvalue weighted by molar-refractivity contribution is 7.51. The zero-order valence-electron chi connectivity index (χ0n) is 16.5. The molecule has 0 aliphatic heterocycles. The largest absolute Gasteiger partial charge is 0.481 e. The van der Waals surface area contributed by atoms with E-state index in [1.807, 2.05) is 32.0 Å². The van der Waals surface area contributed by atoms with Crippen LogP contribution in [0, 0.1) is 13.8 Å². The Kier molecular flexibility index (Phi) is 6.46. The molecular formula is C21H27O6P. The lowest BCUT2D eigenvalue weighted by Gasteiger charge is -2.16. The van der Waals surface area contributed by atoms with E-state index in [9.17, 15) is 4.57 Å². The SMILES string of the molecule is COCOc1ccc(Cc2c(C)cc(OCP(=O)(O)O)cc2C)cc1C1CC1. The van der Waals surface area contributed by atoms with Crippen LogP contribution in [0.25, 0.3) is 0 Å². The second kappa shape index (κ2) is 8.66. The summed E-state index contributed by atoms with van der Waals surface area (Å²) in [6.07, 6.45) is 2.55. The molecule has 152 valence electrons. The first-order valence-corrected chi connectivity index (χ1v) is 11.1. The molecule has 6 nitrogen and oxygen atoms in total. The number of rotatable bonds is 9. The van der Waals surface area contributed by atoms with E-state index in [1.165, 1.54) is 29.5 Å². The maximum absolute atomic E-state index is 11.0. The molecule has 0 heterocycles. The first-order chi connectivity index (χ1) is 13.3. The van der Waals surface area contributed by atoms with Gasteiger partial charge in [-0.3, -0.25) is 4.57 Å². The molecule has 2 N–H and O–H groups in total. The highest BCUT2D eigenvalue weighted by atomic mass is 31.2. The maximum atomic E-state index is 11.0. The number of methoxy groups -OCH3 is 1. The number of hydrogen-bond donors (Lipinski definition) is 2. The van der Waals surface area contributed by atoms with Gasteiger partial charge in [0.1, 0.15) is 11.5 Å². The lowest BCUT2D eigenvalue weighted by molar-refractivity contribution is 0.0504. The van der Waals surface area contributed by atoms with Crippen LogP contribution in [0.5, 0.6) is 11.5 Å². The van der Waals surface area contributed by atoms with Crippen LogP contribution in [-0.2, 0) is 15.7 Å². The van der Waals surface area contributed by atoms with Crippen molar-refractivity contribution in [3.8, 4) is 11.5 Å². The zero-order valence-corrected chi connectivity index (χ0v) is 17.4. The molecule has 0 spiro atoms. The predicted octanol–water partition coefficient (Wildman–Crippen LogP) is 4.27. The van der Waals surface area contributed by atoms with Crippen molar-refractivity contribution in [2.45, 2.75) is 39.0 Å². The molecule has 0 aromatic heterocycles. The van der Waals surface area contributed by atoms with Crippen molar-refractivity contribution in [2.75, 3.05) is 20.3 Å². The Morgan fingerprint density at radius 3 is 2.32 bits per heavy atom. The fourth-order valence-electron chi connectivity index (χ4n) is 3.35. The van der Waals surface area contributed by atoms with Gasteiger partial charge in [-0.2, -0.15) is 0 Å². The van der Waals surface area contributed by atoms with Gasteiger partial charge in [-0.15, -0.1) is 0 Å². The Labute approximate surface area is 165 Å². The molecule has 2 aromatic rings. The molecule has 0 amide bonds. The summed E-state index contributed by atoms with van der Waals surface area (Å²) < 4.78 is 27.0. The van der Waals surface area contributed by atoms with E-state index in [0.717, 1.165) is 23.3 Å². The first-order valence-electron chi connectivity index (χ1n) is 9.29. The van der Waals surface area contributed by atoms with Crippen LogP contribution in [0.3, 0.4) is 0 Å². The van der Waals surface area contributed by atoms with Gasteiger partial charge in [-0.05, 0) is 85.0 Å². The predicted molar refractivity (Wildman–Crippen MR) is 107 cm³/mol. The molecule has 0 atom stereocenters. The molecule has 28 heavy (non-hydrogen) atoms. The summed E-state index contributed by atoms with van der Waals surface area (Å²) in [5.74, 6) is 1.93. The average Bonchev–Trinajstić information content (AvgIpc) is 3.46. The van der Waals surface area contributed by atoms with Gasteiger partial charge in [0.05, 0.1) is 0 Å². The van der Waals surface area contributed by atoms with Crippen LogP contribution in [0.1, 0.15) is 46.6 Å². The van der Waals surface area contributed by atoms with Crippen molar-refractivity contribution in [3.63, 3.8) is 0 Å². The van der Waals surface area contributed by atoms with Gasteiger partial charge in [-0.25, -0.2) is 0 Å². The van der Waals surface area contributed by atoms with Crippen molar-refractivity contribution < 1.29 is 28.6 Å². The minimum absolute atomic E-state index is 0.243. The van der Waals surface area contributed by atoms with Crippen LogP contribution in [0.4, 0.5) is 0 Å². The number of aryl methyl sites for hydroxylation is 2.